The van der Waals surface area contributed by atoms with Crippen molar-refractivity contribution in [1.82, 2.24) is 20.4 Å². The van der Waals surface area contributed by atoms with E-state index in [0.29, 0.717) is 5.56 Å². The molecule has 2 aromatic heterocycles. The van der Waals surface area contributed by atoms with Gasteiger partial charge in [-0.15, -0.1) is 20.4 Å². The van der Waals surface area contributed by atoms with Gasteiger partial charge in [-0.3, -0.25) is 0 Å². The average Bonchev–Trinajstić information content (AvgIpc) is 3.50. The molecule has 0 aliphatic rings. The van der Waals surface area contributed by atoms with Gasteiger partial charge in [-0.05, 0) is 47.5 Å². The maximum Gasteiger partial charge on any atom is 0.268 e. The Balaban J connectivity index is 0.000000206. The molecule has 0 amide bonds. The molecule has 0 saturated carbocycles. The lowest BCUT2D eigenvalue weighted by atomic mass is 10.2. The highest BCUT2D eigenvalue weighted by Gasteiger charge is 2.30. The van der Waals surface area contributed by atoms with Crippen molar-refractivity contribution in [2.45, 2.75) is 7.59 Å². The highest BCUT2D eigenvalue weighted by atomic mass is 35.6. The first-order valence-corrected chi connectivity index (χ1v) is 12.1. The van der Waals surface area contributed by atoms with Gasteiger partial charge in [0.2, 0.25) is 11.8 Å². The molecule has 2 heterocycles. The quantitative estimate of drug-likeness (QED) is 0.158. The number of hydrogen-bond donors (Lipinski definition) is 3. The SMILES string of the molecule is Oc1ccc(/C=C/c2nnc(C(Cl)(Cl)Cl)o2)cc1.Oc1ccc(/C=C/c2nnc(C(Cl)(Cl)Cl)o2)cc1O. The van der Waals surface area contributed by atoms with Gasteiger partial charge in [-0.2, -0.15) is 0 Å². The third kappa shape index (κ3) is 8.99. The minimum atomic E-state index is -1.77. The number of aromatic nitrogens is 4. The standard InChI is InChI=1S/C11H7Cl3N2O3.C11H7Cl3N2O2/c12-11(13,14)10-16-15-9(19-10)4-2-6-1-3-7(17)8(18)5-6;12-11(13,14)10-16-15-9(18-10)6-3-7-1-4-8(17)5-2-7/h1-5,17-18H;1-6,17H/b4-2+;6-3+. The number of nitrogens with zero attached hydrogens (tertiary/aromatic N) is 4. The van der Waals surface area contributed by atoms with Crippen LogP contribution in [0.3, 0.4) is 0 Å². The predicted octanol–water partition coefficient (Wildman–Crippen LogP) is 7.25. The molecule has 0 aliphatic carbocycles. The number of aromatic hydroxyl groups is 3. The number of benzene rings is 2. The van der Waals surface area contributed by atoms with Crippen LogP contribution in [0.15, 0.2) is 51.3 Å². The van der Waals surface area contributed by atoms with E-state index in [0.717, 1.165) is 5.56 Å². The fourth-order valence-electron chi connectivity index (χ4n) is 2.40. The van der Waals surface area contributed by atoms with Crippen LogP contribution >= 0.6 is 69.6 Å². The van der Waals surface area contributed by atoms with Gasteiger partial charge >= 0.3 is 0 Å². The van der Waals surface area contributed by atoms with Gasteiger partial charge in [0.15, 0.2) is 11.5 Å². The predicted molar refractivity (Wildman–Crippen MR) is 143 cm³/mol. The molecule has 0 aliphatic heterocycles. The molecule has 0 atom stereocenters. The topological polar surface area (TPSA) is 139 Å². The van der Waals surface area contributed by atoms with Crippen molar-refractivity contribution in [3.63, 3.8) is 0 Å². The van der Waals surface area contributed by atoms with Crippen molar-refractivity contribution in [1.29, 1.82) is 0 Å². The van der Waals surface area contributed by atoms with E-state index in [4.69, 9.17) is 88.7 Å². The molecular weight excluding hydrogens is 613 g/mol. The van der Waals surface area contributed by atoms with Gasteiger partial charge in [0.05, 0.1) is 0 Å². The van der Waals surface area contributed by atoms with Crippen LogP contribution in [0, 0.1) is 0 Å². The summed E-state index contributed by atoms with van der Waals surface area (Å²) < 4.78 is 6.75. The maximum absolute atomic E-state index is 9.32. The lowest BCUT2D eigenvalue weighted by Crippen LogP contribution is -1.99. The molecule has 0 spiro atoms. The number of phenols is 3. The summed E-state index contributed by atoms with van der Waals surface area (Å²) in [6, 6.07) is 10.9. The van der Waals surface area contributed by atoms with E-state index in [2.05, 4.69) is 20.4 Å². The Morgan fingerprint density at radius 3 is 1.46 bits per heavy atom. The van der Waals surface area contributed by atoms with E-state index in [1.54, 1.807) is 48.6 Å². The van der Waals surface area contributed by atoms with Crippen molar-refractivity contribution in [2.75, 3.05) is 0 Å². The molecular formula is C22H14Cl6N4O5. The first kappa shape index (κ1) is 28.9. The summed E-state index contributed by atoms with van der Waals surface area (Å²) in [5, 5.41) is 42.2. The van der Waals surface area contributed by atoms with Crippen LogP contribution in [0.2, 0.25) is 0 Å². The highest BCUT2D eigenvalue weighted by molar-refractivity contribution is 6.66. The van der Waals surface area contributed by atoms with Crippen molar-refractivity contribution >= 4 is 93.9 Å². The molecule has 0 unspecified atom stereocenters. The van der Waals surface area contributed by atoms with Crippen LogP contribution in [-0.4, -0.2) is 35.7 Å². The lowest BCUT2D eigenvalue weighted by Gasteiger charge is -2.01. The molecule has 3 N–H and O–H groups in total. The van der Waals surface area contributed by atoms with Crippen LogP contribution in [0.5, 0.6) is 17.2 Å². The number of rotatable bonds is 4. The Hall–Kier alpha value is -2.66. The summed E-state index contributed by atoms with van der Waals surface area (Å²) in [7, 11) is 0. The van der Waals surface area contributed by atoms with Crippen molar-refractivity contribution < 1.29 is 24.2 Å². The summed E-state index contributed by atoms with van der Waals surface area (Å²) >= 11 is 33.5. The average molecular weight is 627 g/mol. The van der Waals surface area contributed by atoms with E-state index < -0.39 is 7.59 Å². The lowest BCUT2D eigenvalue weighted by molar-refractivity contribution is 0.403. The number of hydrogen-bond acceptors (Lipinski definition) is 9. The van der Waals surface area contributed by atoms with E-state index in [1.165, 1.54) is 18.2 Å². The van der Waals surface area contributed by atoms with Crippen LogP contribution in [-0.2, 0) is 7.59 Å². The second-order valence-corrected chi connectivity index (χ2v) is 11.5. The second-order valence-electron chi connectivity index (χ2n) is 6.89. The van der Waals surface area contributed by atoms with Gasteiger partial charge in [0.1, 0.15) is 5.75 Å². The largest absolute Gasteiger partial charge is 0.508 e. The third-order valence-electron chi connectivity index (χ3n) is 4.10. The van der Waals surface area contributed by atoms with Gasteiger partial charge in [-0.1, -0.05) is 87.8 Å². The van der Waals surface area contributed by atoms with Crippen molar-refractivity contribution in [3.05, 3.63) is 77.2 Å². The van der Waals surface area contributed by atoms with Crippen LogP contribution in [0.25, 0.3) is 24.3 Å². The van der Waals surface area contributed by atoms with Crippen LogP contribution < -0.4 is 0 Å². The Labute approximate surface area is 239 Å². The molecule has 0 bridgehead atoms. The fraction of sp³-hybridized carbons (Fsp3) is 0.0909. The molecule has 194 valence electrons. The first-order chi connectivity index (χ1) is 17.3. The molecule has 15 heteroatoms. The number of phenolic OH excluding ortho intramolecular Hbond substituents is 3. The zero-order valence-electron chi connectivity index (χ0n) is 18.1. The third-order valence-corrected chi connectivity index (χ3v) is 5.07. The molecule has 0 radical (unpaired) electrons. The monoisotopic (exact) mass is 624 g/mol. The normalized spacial score (nSPS) is 12.2. The van der Waals surface area contributed by atoms with E-state index in [-0.39, 0.29) is 40.8 Å². The second kappa shape index (κ2) is 12.3. The zero-order valence-corrected chi connectivity index (χ0v) is 22.6. The minimum Gasteiger partial charge on any atom is -0.508 e. The molecule has 2 aromatic carbocycles. The van der Waals surface area contributed by atoms with Gasteiger partial charge < -0.3 is 24.2 Å². The smallest absolute Gasteiger partial charge is 0.268 e. The maximum atomic E-state index is 9.32. The molecule has 4 aromatic rings. The van der Waals surface area contributed by atoms with E-state index in [9.17, 15) is 5.11 Å². The first-order valence-electron chi connectivity index (χ1n) is 9.80. The van der Waals surface area contributed by atoms with Crippen LogP contribution in [0.1, 0.15) is 34.7 Å². The Bertz CT molecular complexity index is 1390. The van der Waals surface area contributed by atoms with Crippen molar-refractivity contribution in [3.8, 4) is 17.2 Å². The molecule has 37 heavy (non-hydrogen) atoms. The zero-order chi connectivity index (χ0) is 27.2. The summed E-state index contributed by atoms with van der Waals surface area (Å²) in [4.78, 5) is 0. The van der Waals surface area contributed by atoms with Crippen LogP contribution in [0.4, 0.5) is 0 Å². The highest BCUT2D eigenvalue weighted by Crippen LogP contribution is 2.38. The number of alkyl halides is 6. The summed E-state index contributed by atoms with van der Waals surface area (Å²) in [6.07, 6.45) is 6.39. The molecule has 0 saturated heterocycles. The Kier molecular flexibility index (Phi) is 9.57. The summed E-state index contributed by atoms with van der Waals surface area (Å²) in [6.45, 7) is 0. The van der Waals surface area contributed by atoms with E-state index >= 15 is 0 Å². The fourth-order valence-corrected chi connectivity index (χ4v) is 2.86. The van der Waals surface area contributed by atoms with Gasteiger partial charge in [0, 0.05) is 12.2 Å². The van der Waals surface area contributed by atoms with Gasteiger partial charge in [0.25, 0.3) is 19.4 Å². The molecule has 0 fully saturated rings. The summed E-state index contributed by atoms with van der Waals surface area (Å²) in [5.74, 6) is -0.0756. The molecule has 9 nitrogen and oxygen atoms in total. The minimum absolute atomic E-state index is 0.0853. The van der Waals surface area contributed by atoms with Gasteiger partial charge in [-0.25, -0.2) is 0 Å². The number of halogens is 6. The summed E-state index contributed by atoms with van der Waals surface area (Å²) in [5.41, 5.74) is 1.49. The van der Waals surface area contributed by atoms with E-state index in [1.807, 2.05) is 0 Å². The molecule has 4 rings (SSSR count). The Morgan fingerprint density at radius 1 is 0.568 bits per heavy atom. The van der Waals surface area contributed by atoms with Crippen molar-refractivity contribution in [2.24, 2.45) is 0 Å². The Morgan fingerprint density at radius 2 is 1.03 bits per heavy atom.